The number of nitrogens with two attached hydrogens (primary N) is 1. The predicted molar refractivity (Wildman–Crippen MR) is 91.1 cm³/mol. The van der Waals surface area contributed by atoms with Gasteiger partial charge in [-0.3, -0.25) is 9.59 Å². The average Bonchev–Trinajstić information content (AvgIpc) is 2.52. The first-order valence-electron chi connectivity index (χ1n) is 7.21. The van der Waals surface area contributed by atoms with Crippen molar-refractivity contribution in [1.29, 1.82) is 0 Å². The van der Waals surface area contributed by atoms with E-state index in [0.29, 0.717) is 5.56 Å². The first-order valence-corrected chi connectivity index (χ1v) is 8.19. The van der Waals surface area contributed by atoms with Gasteiger partial charge >= 0.3 is 5.97 Å². The number of primary amides is 1. The summed E-state index contributed by atoms with van der Waals surface area (Å²) >= 11 is 1.39. The van der Waals surface area contributed by atoms with Crippen LogP contribution in [0.15, 0.2) is 53.4 Å². The number of amides is 1. The zero-order chi connectivity index (χ0) is 16.8. The highest BCUT2D eigenvalue weighted by atomic mass is 32.2. The molecule has 120 valence electrons. The molecule has 2 aromatic rings. The number of hydrogen-bond donors (Lipinski definition) is 1. The van der Waals surface area contributed by atoms with Crippen LogP contribution in [-0.4, -0.2) is 17.6 Å². The van der Waals surface area contributed by atoms with Crippen LogP contribution in [0.3, 0.4) is 0 Å². The molecular weight excluding hydrogens is 310 g/mol. The average molecular weight is 329 g/mol. The minimum Gasteiger partial charge on any atom is -0.447 e. The van der Waals surface area contributed by atoms with Crippen molar-refractivity contribution in [2.45, 2.75) is 24.8 Å². The molecule has 5 heteroatoms. The summed E-state index contributed by atoms with van der Waals surface area (Å²) in [5, 5.41) is 0. The molecule has 0 aliphatic heterocycles. The van der Waals surface area contributed by atoms with E-state index in [1.165, 1.54) is 17.3 Å². The normalized spacial score (nSPS) is 11.7. The van der Waals surface area contributed by atoms with Crippen molar-refractivity contribution in [3.8, 4) is 0 Å². The number of rotatable bonds is 6. The fraction of sp³-hybridized carbons (Fsp3) is 0.222. The van der Waals surface area contributed by atoms with Crippen LogP contribution in [0.2, 0.25) is 0 Å². The summed E-state index contributed by atoms with van der Waals surface area (Å²) in [6.45, 7) is 4.02. The summed E-state index contributed by atoms with van der Waals surface area (Å²) in [7, 11) is 0. The topological polar surface area (TPSA) is 69.4 Å². The van der Waals surface area contributed by atoms with Crippen LogP contribution >= 0.6 is 11.8 Å². The van der Waals surface area contributed by atoms with E-state index >= 15 is 0 Å². The van der Waals surface area contributed by atoms with Crippen LogP contribution in [-0.2, 0) is 14.3 Å². The summed E-state index contributed by atoms with van der Waals surface area (Å²) in [6.07, 6.45) is -1.05. The van der Waals surface area contributed by atoms with Gasteiger partial charge in [0.2, 0.25) is 6.10 Å². The van der Waals surface area contributed by atoms with Crippen LogP contribution in [0.4, 0.5) is 0 Å². The lowest BCUT2D eigenvalue weighted by Gasteiger charge is -2.15. The SMILES string of the molecule is Cc1ccc(SCC(=O)O[C@H](C(N)=O)c2ccccc2)c(C)c1. The van der Waals surface area contributed by atoms with Crippen molar-refractivity contribution in [3.63, 3.8) is 0 Å². The standard InChI is InChI=1S/C18H19NO3S/c1-12-8-9-15(13(2)10-12)23-11-16(20)22-17(18(19)21)14-6-4-3-5-7-14/h3-10,17H,11H2,1-2H3,(H2,19,21)/t17-/m0/s1. The summed E-state index contributed by atoms with van der Waals surface area (Å²) in [5.41, 5.74) is 8.20. The molecule has 1 amide bonds. The predicted octanol–water partition coefficient (Wildman–Crippen LogP) is 3.17. The molecule has 2 N–H and O–H groups in total. The molecule has 0 fully saturated rings. The number of aryl methyl sites for hydroxylation is 2. The second kappa shape index (κ2) is 7.83. The lowest BCUT2D eigenvalue weighted by molar-refractivity contribution is -0.152. The quantitative estimate of drug-likeness (QED) is 0.653. The van der Waals surface area contributed by atoms with Crippen LogP contribution in [0.1, 0.15) is 22.8 Å². The molecule has 0 heterocycles. The highest BCUT2D eigenvalue weighted by Crippen LogP contribution is 2.24. The van der Waals surface area contributed by atoms with Crippen LogP contribution in [0.25, 0.3) is 0 Å². The maximum absolute atomic E-state index is 12.0. The van der Waals surface area contributed by atoms with Gasteiger partial charge in [-0.05, 0) is 25.5 Å². The molecule has 0 aromatic heterocycles. The largest absolute Gasteiger partial charge is 0.447 e. The number of carbonyl (C=O) groups excluding carboxylic acids is 2. The summed E-state index contributed by atoms with van der Waals surface area (Å²) in [5.74, 6) is -1.02. The van der Waals surface area contributed by atoms with E-state index in [4.69, 9.17) is 10.5 Å². The van der Waals surface area contributed by atoms with Gasteiger partial charge in [0.05, 0.1) is 5.75 Å². The van der Waals surface area contributed by atoms with Gasteiger partial charge in [0.25, 0.3) is 5.91 Å². The van der Waals surface area contributed by atoms with Gasteiger partial charge in [0, 0.05) is 10.5 Å². The van der Waals surface area contributed by atoms with Gasteiger partial charge in [-0.2, -0.15) is 0 Å². The van der Waals surface area contributed by atoms with Crippen molar-refractivity contribution < 1.29 is 14.3 Å². The lowest BCUT2D eigenvalue weighted by Crippen LogP contribution is -2.26. The molecule has 0 aliphatic carbocycles. The third-order valence-corrected chi connectivity index (χ3v) is 4.44. The van der Waals surface area contributed by atoms with Crippen LogP contribution in [0.5, 0.6) is 0 Å². The van der Waals surface area contributed by atoms with E-state index in [1.807, 2.05) is 32.0 Å². The smallest absolute Gasteiger partial charge is 0.317 e. The van der Waals surface area contributed by atoms with Gasteiger partial charge in [0.1, 0.15) is 0 Å². The zero-order valence-corrected chi connectivity index (χ0v) is 13.9. The maximum atomic E-state index is 12.0. The molecule has 0 bridgehead atoms. The number of carbonyl (C=O) groups is 2. The number of thioether (sulfide) groups is 1. The minimum absolute atomic E-state index is 0.126. The van der Waals surface area contributed by atoms with Crippen molar-refractivity contribution >= 4 is 23.6 Å². The molecule has 0 saturated heterocycles. The van der Waals surface area contributed by atoms with Crippen LogP contribution in [0, 0.1) is 13.8 Å². The van der Waals surface area contributed by atoms with Crippen molar-refractivity contribution in [2.24, 2.45) is 5.73 Å². The lowest BCUT2D eigenvalue weighted by atomic mass is 10.1. The second-order valence-corrected chi connectivity index (χ2v) is 6.26. The molecule has 0 aliphatic rings. The van der Waals surface area contributed by atoms with Gasteiger partial charge in [-0.1, -0.05) is 48.0 Å². The molecule has 2 aromatic carbocycles. The van der Waals surface area contributed by atoms with Crippen molar-refractivity contribution in [3.05, 3.63) is 65.2 Å². The van der Waals surface area contributed by atoms with Gasteiger partial charge < -0.3 is 10.5 Å². The summed E-state index contributed by atoms with van der Waals surface area (Å²) in [4.78, 5) is 24.6. The van der Waals surface area contributed by atoms with Crippen LogP contribution < -0.4 is 5.73 Å². The third-order valence-electron chi connectivity index (χ3n) is 3.29. The fourth-order valence-electron chi connectivity index (χ4n) is 2.18. The molecule has 4 nitrogen and oxygen atoms in total. The summed E-state index contributed by atoms with van der Waals surface area (Å²) in [6, 6.07) is 14.8. The Balaban J connectivity index is 1.98. The molecule has 0 unspecified atom stereocenters. The fourth-order valence-corrected chi connectivity index (χ4v) is 2.97. The third kappa shape index (κ3) is 4.86. The molecule has 0 radical (unpaired) electrons. The first kappa shape index (κ1) is 17.1. The summed E-state index contributed by atoms with van der Waals surface area (Å²) < 4.78 is 5.25. The number of hydrogen-bond acceptors (Lipinski definition) is 4. The Kier molecular flexibility index (Phi) is 5.82. The zero-order valence-electron chi connectivity index (χ0n) is 13.1. The molecule has 2 rings (SSSR count). The maximum Gasteiger partial charge on any atom is 0.317 e. The van der Waals surface area contributed by atoms with Crippen molar-refractivity contribution in [1.82, 2.24) is 0 Å². The van der Waals surface area contributed by atoms with Gasteiger partial charge in [-0.15, -0.1) is 11.8 Å². The first-order chi connectivity index (χ1) is 11.0. The van der Waals surface area contributed by atoms with Gasteiger partial charge in [0.15, 0.2) is 0 Å². The highest BCUT2D eigenvalue weighted by molar-refractivity contribution is 8.00. The second-order valence-electron chi connectivity index (χ2n) is 5.24. The Morgan fingerprint density at radius 2 is 1.83 bits per heavy atom. The Morgan fingerprint density at radius 3 is 2.43 bits per heavy atom. The molecule has 0 spiro atoms. The van der Waals surface area contributed by atoms with Gasteiger partial charge in [-0.25, -0.2) is 0 Å². The Hall–Kier alpha value is -2.27. The molecule has 1 atom stereocenters. The van der Waals surface area contributed by atoms with Crippen molar-refractivity contribution in [2.75, 3.05) is 5.75 Å². The number of esters is 1. The molecule has 0 saturated carbocycles. The van der Waals surface area contributed by atoms with E-state index in [-0.39, 0.29) is 5.75 Å². The highest BCUT2D eigenvalue weighted by Gasteiger charge is 2.22. The van der Waals surface area contributed by atoms with E-state index in [9.17, 15) is 9.59 Å². The minimum atomic E-state index is -1.05. The Labute approximate surface area is 140 Å². The van der Waals surface area contributed by atoms with E-state index in [1.54, 1.807) is 24.3 Å². The van der Waals surface area contributed by atoms with E-state index in [2.05, 4.69) is 6.07 Å². The molecule has 23 heavy (non-hydrogen) atoms. The monoisotopic (exact) mass is 329 g/mol. The van der Waals surface area contributed by atoms with E-state index in [0.717, 1.165) is 10.5 Å². The Morgan fingerprint density at radius 1 is 1.13 bits per heavy atom. The number of benzene rings is 2. The molecular formula is C18H19NO3S. The number of ether oxygens (including phenoxy) is 1. The van der Waals surface area contributed by atoms with E-state index < -0.39 is 18.0 Å². The Bertz CT molecular complexity index is 701.